The summed E-state index contributed by atoms with van der Waals surface area (Å²) in [6.07, 6.45) is 11.7. The van der Waals surface area contributed by atoms with E-state index in [0.29, 0.717) is 12.2 Å². The molecule has 0 aliphatic carbocycles. The fourth-order valence-electron chi connectivity index (χ4n) is 2.39. The molecule has 0 aromatic rings. The minimum absolute atomic E-state index is 0.613. The predicted molar refractivity (Wildman–Crippen MR) is 71.0 cm³/mol. The molecule has 0 spiro atoms. The summed E-state index contributed by atoms with van der Waals surface area (Å²) < 4.78 is 0. The molecule has 1 aliphatic heterocycles. The highest BCUT2D eigenvalue weighted by molar-refractivity contribution is 4.98. The van der Waals surface area contributed by atoms with Gasteiger partial charge in [0.2, 0.25) is 0 Å². The second-order valence-electron chi connectivity index (χ2n) is 5.05. The fourth-order valence-corrected chi connectivity index (χ4v) is 2.39. The first kappa shape index (κ1) is 13.4. The highest BCUT2D eigenvalue weighted by Crippen LogP contribution is 2.23. The largest absolute Gasteiger partial charge is 0.356 e. The quantitative estimate of drug-likeness (QED) is 0.607. The first-order valence-corrected chi connectivity index (χ1v) is 6.92. The molecule has 1 unspecified atom stereocenters. The van der Waals surface area contributed by atoms with Gasteiger partial charge in [-0.25, -0.2) is 0 Å². The van der Waals surface area contributed by atoms with Crippen LogP contribution in [0.15, 0.2) is 12.4 Å². The maximum atomic E-state index is 2.53. The van der Waals surface area contributed by atoms with E-state index in [0.717, 1.165) is 0 Å². The van der Waals surface area contributed by atoms with Gasteiger partial charge in [0.05, 0.1) is 0 Å². The van der Waals surface area contributed by atoms with Crippen LogP contribution in [0.25, 0.3) is 0 Å². The molecule has 0 radical (unpaired) electrons. The molecule has 0 aromatic carbocycles. The monoisotopic (exact) mass is 224 g/mol. The van der Waals surface area contributed by atoms with E-state index in [9.17, 15) is 0 Å². The summed E-state index contributed by atoms with van der Waals surface area (Å²) >= 11 is 0. The topological polar surface area (TPSA) is 6.48 Å². The van der Waals surface area contributed by atoms with Gasteiger partial charge in [0, 0.05) is 25.0 Å². The molecule has 1 heterocycles. The number of hydrogen-bond donors (Lipinski definition) is 0. The molecule has 1 aliphatic rings. The van der Waals surface area contributed by atoms with E-state index in [-0.39, 0.29) is 0 Å². The van der Waals surface area contributed by atoms with E-state index in [1.54, 1.807) is 0 Å². The van der Waals surface area contributed by atoms with Crippen LogP contribution in [-0.2, 0) is 0 Å². The minimum Gasteiger partial charge on any atom is -0.356 e. The molecule has 0 bridgehead atoms. The summed E-state index contributed by atoms with van der Waals surface area (Å²) in [5, 5.41) is 0. The molecule has 16 heavy (non-hydrogen) atoms. The molecule has 0 fully saturated rings. The van der Waals surface area contributed by atoms with Crippen molar-refractivity contribution in [3.63, 3.8) is 0 Å². The Balaban J connectivity index is 2.47. The van der Waals surface area contributed by atoms with Crippen molar-refractivity contribution in [3.8, 4) is 0 Å². The molecule has 2 nitrogen and oxygen atoms in total. The summed E-state index contributed by atoms with van der Waals surface area (Å²) in [6.45, 7) is 10.3. The van der Waals surface area contributed by atoms with Gasteiger partial charge in [-0.05, 0) is 26.7 Å². The lowest BCUT2D eigenvalue weighted by molar-refractivity contribution is 0.116. The normalized spacial score (nSPS) is 20.2. The zero-order chi connectivity index (χ0) is 12.0. The van der Waals surface area contributed by atoms with Crippen molar-refractivity contribution in [1.82, 2.24) is 9.80 Å². The van der Waals surface area contributed by atoms with Crippen molar-refractivity contribution in [2.75, 3.05) is 6.54 Å². The number of hydrogen-bond acceptors (Lipinski definition) is 2. The van der Waals surface area contributed by atoms with Gasteiger partial charge in [-0.3, -0.25) is 0 Å². The van der Waals surface area contributed by atoms with Crippen LogP contribution in [0.2, 0.25) is 0 Å². The van der Waals surface area contributed by atoms with Gasteiger partial charge in [-0.2, -0.15) is 0 Å². The van der Waals surface area contributed by atoms with E-state index in [2.05, 4.69) is 49.9 Å². The first-order valence-electron chi connectivity index (χ1n) is 6.92. The van der Waals surface area contributed by atoms with Crippen LogP contribution in [0.4, 0.5) is 0 Å². The van der Waals surface area contributed by atoms with Gasteiger partial charge in [0.15, 0.2) is 0 Å². The molecule has 1 atom stereocenters. The second kappa shape index (κ2) is 6.82. The summed E-state index contributed by atoms with van der Waals surface area (Å²) in [5.74, 6) is 0. The molecule has 94 valence electrons. The van der Waals surface area contributed by atoms with Crippen molar-refractivity contribution in [3.05, 3.63) is 12.4 Å². The van der Waals surface area contributed by atoms with Crippen LogP contribution in [0.5, 0.6) is 0 Å². The van der Waals surface area contributed by atoms with Crippen LogP contribution in [0.3, 0.4) is 0 Å². The van der Waals surface area contributed by atoms with Gasteiger partial charge in [0.1, 0.15) is 6.17 Å². The first-order chi connectivity index (χ1) is 7.70. The van der Waals surface area contributed by atoms with Crippen molar-refractivity contribution in [2.24, 2.45) is 0 Å². The lowest BCUT2D eigenvalue weighted by Gasteiger charge is -2.35. The van der Waals surface area contributed by atoms with Crippen molar-refractivity contribution in [2.45, 2.75) is 72.0 Å². The lowest BCUT2D eigenvalue weighted by atomic mass is 10.2. The molecular formula is C14H28N2. The molecule has 0 saturated carbocycles. The third-order valence-electron chi connectivity index (χ3n) is 3.32. The van der Waals surface area contributed by atoms with Gasteiger partial charge in [0.25, 0.3) is 0 Å². The van der Waals surface area contributed by atoms with Crippen LogP contribution < -0.4 is 0 Å². The number of unbranched alkanes of at least 4 members (excludes halogenated alkanes) is 2. The van der Waals surface area contributed by atoms with E-state index in [1.807, 2.05) is 0 Å². The summed E-state index contributed by atoms with van der Waals surface area (Å²) in [5.41, 5.74) is 0. The minimum atomic E-state index is 0.613. The summed E-state index contributed by atoms with van der Waals surface area (Å²) in [4.78, 5) is 5.02. The van der Waals surface area contributed by atoms with Crippen molar-refractivity contribution < 1.29 is 0 Å². The standard InChI is InChI=1S/C14H28N2/c1-5-7-8-10-15-11-12-16(13(3)4)14(15)9-6-2/h11-14H,5-10H2,1-4H3. The molecular weight excluding hydrogens is 196 g/mol. The van der Waals surface area contributed by atoms with Crippen molar-refractivity contribution >= 4 is 0 Å². The van der Waals surface area contributed by atoms with Crippen LogP contribution in [-0.4, -0.2) is 28.6 Å². The zero-order valence-electron chi connectivity index (χ0n) is 11.4. The summed E-state index contributed by atoms with van der Waals surface area (Å²) in [7, 11) is 0. The smallest absolute Gasteiger partial charge is 0.101 e. The van der Waals surface area contributed by atoms with E-state index in [4.69, 9.17) is 0 Å². The number of nitrogens with zero attached hydrogens (tertiary/aromatic N) is 2. The Hall–Kier alpha value is -0.660. The van der Waals surface area contributed by atoms with Gasteiger partial charge >= 0.3 is 0 Å². The van der Waals surface area contributed by atoms with Gasteiger partial charge in [-0.15, -0.1) is 0 Å². The Morgan fingerprint density at radius 3 is 2.38 bits per heavy atom. The SMILES string of the molecule is CCCCCN1C=CN(C(C)C)C1CCC. The Labute approximate surface area is 101 Å². The van der Waals surface area contributed by atoms with E-state index < -0.39 is 0 Å². The molecule has 0 amide bonds. The van der Waals surface area contributed by atoms with Gasteiger partial charge < -0.3 is 9.80 Å². The average Bonchev–Trinajstić information content (AvgIpc) is 2.63. The van der Waals surface area contributed by atoms with Crippen LogP contribution in [0, 0.1) is 0 Å². The third-order valence-corrected chi connectivity index (χ3v) is 3.32. The highest BCUT2D eigenvalue weighted by Gasteiger charge is 2.26. The molecule has 2 heteroatoms. The Bertz CT molecular complexity index is 211. The predicted octanol–water partition coefficient (Wildman–Crippen LogP) is 3.80. The molecule has 0 N–H and O–H groups in total. The Kier molecular flexibility index (Phi) is 5.72. The van der Waals surface area contributed by atoms with Crippen molar-refractivity contribution in [1.29, 1.82) is 0 Å². The number of rotatable bonds is 7. The Morgan fingerprint density at radius 1 is 1.06 bits per heavy atom. The van der Waals surface area contributed by atoms with Gasteiger partial charge in [-0.1, -0.05) is 33.1 Å². The fraction of sp³-hybridized carbons (Fsp3) is 0.857. The average molecular weight is 224 g/mol. The summed E-state index contributed by atoms with van der Waals surface area (Å²) in [6, 6.07) is 0.615. The maximum Gasteiger partial charge on any atom is 0.101 e. The van der Waals surface area contributed by atoms with Crippen LogP contribution in [0.1, 0.15) is 59.8 Å². The maximum absolute atomic E-state index is 2.53. The van der Waals surface area contributed by atoms with E-state index in [1.165, 1.54) is 38.6 Å². The molecule has 0 saturated heterocycles. The lowest BCUT2D eigenvalue weighted by Crippen LogP contribution is -2.42. The second-order valence-corrected chi connectivity index (χ2v) is 5.05. The Morgan fingerprint density at radius 2 is 1.81 bits per heavy atom. The van der Waals surface area contributed by atoms with E-state index >= 15 is 0 Å². The zero-order valence-corrected chi connectivity index (χ0v) is 11.4. The third kappa shape index (κ3) is 3.43. The van der Waals surface area contributed by atoms with Crippen LogP contribution >= 0.6 is 0 Å². The molecule has 0 aromatic heterocycles. The highest BCUT2D eigenvalue weighted by atomic mass is 15.4. The molecule has 1 rings (SSSR count).